The lowest BCUT2D eigenvalue weighted by molar-refractivity contribution is -0.105. The highest BCUT2D eigenvalue weighted by atomic mass is 16.1. The zero-order valence-corrected chi connectivity index (χ0v) is 8.46. The molecule has 1 heterocycles. The Hall–Kier alpha value is -1.32. The molecule has 0 saturated carbocycles. The number of amides is 1. The van der Waals surface area contributed by atoms with Gasteiger partial charge in [-0.3, -0.25) is 9.48 Å². The van der Waals surface area contributed by atoms with E-state index in [0.29, 0.717) is 6.41 Å². The van der Waals surface area contributed by atoms with E-state index in [0.717, 1.165) is 11.5 Å². The molecule has 0 bridgehead atoms. The minimum absolute atomic E-state index is 0.0145. The van der Waals surface area contributed by atoms with E-state index in [1.54, 1.807) is 11.7 Å². The molecular formula is C9H15N3O. The van der Waals surface area contributed by atoms with Crippen molar-refractivity contribution in [2.24, 2.45) is 7.05 Å². The van der Waals surface area contributed by atoms with Gasteiger partial charge in [0.15, 0.2) is 0 Å². The van der Waals surface area contributed by atoms with E-state index in [-0.39, 0.29) is 5.41 Å². The van der Waals surface area contributed by atoms with E-state index in [1.807, 2.05) is 6.07 Å². The fraction of sp³-hybridized carbons (Fsp3) is 0.556. The first kappa shape index (κ1) is 9.77. The summed E-state index contributed by atoms with van der Waals surface area (Å²) in [6.07, 6.45) is 0.656. The molecular weight excluding hydrogens is 166 g/mol. The quantitative estimate of drug-likeness (QED) is 0.699. The molecule has 0 fully saturated rings. The highest BCUT2D eigenvalue weighted by Gasteiger charge is 2.18. The van der Waals surface area contributed by atoms with Gasteiger partial charge < -0.3 is 5.32 Å². The first-order valence-corrected chi connectivity index (χ1v) is 4.20. The van der Waals surface area contributed by atoms with E-state index in [9.17, 15) is 4.79 Å². The van der Waals surface area contributed by atoms with Crippen LogP contribution in [0.3, 0.4) is 0 Å². The van der Waals surface area contributed by atoms with Crippen LogP contribution in [0.15, 0.2) is 6.07 Å². The van der Waals surface area contributed by atoms with Crippen molar-refractivity contribution in [2.45, 2.75) is 26.2 Å². The van der Waals surface area contributed by atoms with Gasteiger partial charge in [0.05, 0.1) is 5.69 Å². The Morgan fingerprint density at radius 2 is 2.15 bits per heavy atom. The number of carbonyl (C=O) groups is 1. The van der Waals surface area contributed by atoms with Crippen LogP contribution in [-0.4, -0.2) is 16.2 Å². The number of nitrogens with zero attached hydrogens (tertiary/aromatic N) is 2. The van der Waals surface area contributed by atoms with Crippen molar-refractivity contribution in [3.05, 3.63) is 11.8 Å². The summed E-state index contributed by atoms with van der Waals surface area (Å²) in [7, 11) is 1.81. The van der Waals surface area contributed by atoms with Gasteiger partial charge >= 0.3 is 0 Å². The molecule has 0 aliphatic rings. The summed E-state index contributed by atoms with van der Waals surface area (Å²) in [4.78, 5) is 10.2. The molecule has 0 aromatic carbocycles. The van der Waals surface area contributed by atoms with Crippen LogP contribution in [0, 0.1) is 0 Å². The maximum Gasteiger partial charge on any atom is 0.212 e. The lowest BCUT2D eigenvalue weighted by Crippen LogP contribution is -2.12. The van der Waals surface area contributed by atoms with Crippen LogP contribution in [0.25, 0.3) is 0 Å². The summed E-state index contributed by atoms with van der Waals surface area (Å²) in [6.45, 7) is 6.25. The molecule has 0 radical (unpaired) electrons. The Morgan fingerprint density at radius 1 is 1.54 bits per heavy atom. The average molecular weight is 181 g/mol. The summed E-state index contributed by atoms with van der Waals surface area (Å²) < 4.78 is 1.66. The molecule has 0 aliphatic heterocycles. The van der Waals surface area contributed by atoms with Crippen molar-refractivity contribution in [1.82, 2.24) is 9.78 Å². The van der Waals surface area contributed by atoms with Crippen molar-refractivity contribution in [1.29, 1.82) is 0 Å². The van der Waals surface area contributed by atoms with Gasteiger partial charge in [-0.05, 0) is 0 Å². The molecule has 1 amide bonds. The van der Waals surface area contributed by atoms with E-state index in [1.165, 1.54) is 0 Å². The lowest BCUT2D eigenvalue weighted by Gasteiger charge is -2.13. The maximum atomic E-state index is 10.2. The van der Waals surface area contributed by atoms with E-state index < -0.39 is 0 Å². The Kier molecular flexibility index (Phi) is 2.40. The molecule has 0 unspecified atom stereocenters. The molecule has 4 heteroatoms. The Morgan fingerprint density at radius 3 is 2.54 bits per heavy atom. The van der Waals surface area contributed by atoms with E-state index in [2.05, 4.69) is 31.2 Å². The van der Waals surface area contributed by atoms with Gasteiger partial charge in [0, 0.05) is 18.5 Å². The first-order valence-electron chi connectivity index (χ1n) is 4.20. The number of hydrogen-bond acceptors (Lipinski definition) is 2. The number of hydrogen-bond donors (Lipinski definition) is 1. The van der Waals surface area contributed by atoms with Crippen molar-refractivity contribution in [3.8, 4) is 0 Å². The fourth-order valence-electron chi connectivity index (χ4n) is 1.03. The summed E-state index contributed by atoms with van der Waals surface area (Å²) in [5.74, 6) is 0.722. The largest absolute Gasteiger partial charge is 0.314 e. The number of aromatic nitrogens is 2. The standard InChI is InChI=1S/C9H15N3O/c1-9(2,3)7-5-8(10-6-13)12(4)11-7/h5-6H,1-4H3,(H,10,13). The third-order valence-electron chi connectivity index (χ3n) is 1.86. The minimum Gasteiger partial charge on any atom is -0.314 e. The molecule has 1 rings (SSSR count). The van der Waals surface area contributed by atoms with Gasteiger partial charge in [0.2, 0.25) is 6.41 Å². The van der Waals surface area contributed by atoms with Gasteiger partial charge in [-0.2, -0.15) is 5.10 Å². The molecule has 0 spiro atoms. The molecule has 72 valence electrons. The summed E-state index contributed by atoms with van der Waals surface area (Å²) >= 11 is 0. The molecule has 1 N–H and O–H groups in total. The topological polar surface area (TPSA) is 46.9 Å². The van der Waals surface area contributed by atoms with Crippen LogP contribution >= 0.6 is 0 Å². The normalized spacial score (nSPS) is 11.4. The second kappa shape index (κ2) is 3.20. The Labute approximate surface area is 77.9 Å². The number of nitrogens with one attached hydrogen (secondary N) is 1. The van der Waals surface area contributed by atoms with E-state index in [4.69, 9.17) is 0 Å². The van der Waals surface area contributed by atoms with Gasteiger partial charge in [-0.25, -0.2) is 0 Å². The molecule has 1 aromatic heterocycles. The van der Waals surface area contributed by atoms with Crippen molar-refractivity contribution in [2.75, 3.05) is 5.32 Å². The number of aryl methyl sites for hydroxylation is 1. The number of carbonyl (C=O) groups excluding carboxylic acids is 1. The zero-order valence-electron chi connectivity index (χ0n) is 8.46. The molecule has 1 aromatic rings. The van der Waals surface area contributed by atoms with Crippen LogP contribution < -0.4 is 5.32 Å². The van der Waals surface area contributed by atoms with Crippen LogP contribution in [-0.2, 0) is 17.3 Å². The SMILES string of the molecule is Cn1nc(C(C)(C)C)cc1NC=O. The van der Waals surface area contributed by atoms with Crippen LogP contribution in [0.2, 0.25) is 0 Å². The van der Waals surface area contributed by atoms with Crippen molar-refractivity contribution < 1.29 is 4.79 Å². The fourth-order valence-corrected chi connectivity index (χ4v) is 1.03. The van der Waals surface area contributed by atoms with Gasteiger partial charge in [-0.1, -0.05) is 20.8 Å². The second-order valence-corrected chi connectivity index (χ2v) is 4.05. The van der Waals surface area contributed by atoms with Crippen molar-refractivity contribution in [3.63, 3.8) is 0 Å². The highest BCUT2D eigenvalue weighted by molar-refractivity contribution is 5.69. The number of anilines is 1. The monoisotopic (exact) mass is 181 g/mol. The molecule has 13 heavy (non-hydrogen) atoms. The molecule has 0 aliphatic carbocycles. The minimum atomic E-state index is 0.0145. The highest BCUT2D eigenvalue weighted by Crippen LogP contribution is 2.22. The number of rotatable bonds is 2. The summed E-state index contributed by atoms with van der Waals surface area (Å²) in [5.41, 5.74) is 0.986. The van der Waals surface area contributed by atoms with Crippen LogP contribution in [0.5, 0.6) is 0 Å². The third-order valence-corrected chi connectivity index (χ3v) is 1.86. The van der Waals surface area contributed by atoms with Gasteiger partial charge in [0.25, 0.3) is 0 Å². The van der Waals surface area contributed by atoms with E-state index >= 15 is 0 Å². The zero-order chi connectivity index (χ0) is 10.1. The summed E-state index contributed by atoms with van der Waals surface area (Å²) in [5, 5.41) is 6.88. The average Bonchev–Trinajstić information content (AvgIpc) is 2.32. The Bertz CT molecular complexity index is 309. The van der Waals surface area contributed by atoms with Crippen molar-refractivity contribution >= 4 is 12.2 Å². The molecule has 4 nitrogen and oxygen atoms in total. The molecule has 0 atom stereocenters. The lowest BCUT2D eigenvalue weighted by atomic mass is 9.92. The predicted octanol–water partition coefficient (Wildman–Crippen LogP) is 1.29. The second-order valence-electron chi connectivity index (χ2n) is 4.05. The maximum absolute atomic E-state index is 10.2. The Balaban J connectivity index is 3.01. The van der Waals surface area contributed by atoms with Crippen LogP contribution in [0.1, 0.15) is 26.5 Å². The third kappa shape index (κ3) is 2.08. The smallest absolute Gasteiger partial charge is 0.212 e. The molecule has 0 saturated heterocycles. The van der Waals surface area contributed by atoms with Crippen LogP contribution in [0.4, 0.5) is 5.82 Å². The first-order chi connectivity index (χ1) is 5.95. The summed E-state index contributed by atoms with van der Waals surface area (Å²) in [6, 6.07) is 1.88. The predicted molar refractivity (Wildman–Crippen MR) is 51.6 cm³/mol. The van der Waals surface area contributed by atoms with Gasteiger partial charge in [-0.15, -0.1) is 0 Å². The van der Waals surface area contributed by atoms with Gasteiger partial charge in [0.1, 0.15) is 5.82 Å².